The predicted molar refractivity (Wildman–Crippen MR) is 52.7 cm³/mol. The average Bonchev–Trinajstić information content (AvgIpc) is 2.42. The van der Waals surface area contributed by atoms with Crippen LogP contribution in [0.5, 0.6) is 0 Å². The van der Waals surface area contributed by atoms with Crippen molar-refractivity contribution < 1.29 is 18.0 Å². The van der Waals surface area contributed by atoms with E-state index in [1.165, 1.54) is 18.4 Å². The first-order valence-electron chi connectivity index (χ1n) is 4.53. The molecule has 0 saturated carbocycles. The van der Waals surface area contributed by atoms with Crippen molar-refractivity contribution in [2.45, 2.75) is 26.6 Å². The standard InChI is InChI=1S/C10H11F3N2O/c1-4-8-9(10(11,12)13)14-7(3)15(8)5-6(2)16/h4H,1,5H2,2-3H3. The molecule has 0 aromatic carbocycles. The van der Waals surface area contributed by atoms with Crippen LogP contribution in [-0.2, 0) is 17.5 Å². The second-order valence-corrected chi connectivity index (χ2v) is 3.38. The molecule has 0 unspecified atom stereocenters. The van der Waals surface area contributed by atoms with Crippen molar-refractivity contribution in [3.63, 3.8) is 0 Å². The van der Waals surface area contributed by atoms with E-state index in [9.17, 15) is 18.0 Å². The summed E-state index contributed by atoms with van der Waals surface area (Å²) in [6.07, 6.45) is -3.47. The minimum absolute atomic E-state index is 0.129. The molecule has 6 heteroatoms. The predicted octanol–water partition coefficient (Wildman–Crippen LogP) is 2.44. The molecule has 0 N–H and O–H groups in total. The van der Waals surface area contributed by atoms with Gasteiger partial charge in [0.2, 0.25) is 0 Å². The van der Waals surface area contributed by atoms with Gasteiger partial charge in [-0.1, -0.05) is 6.58 Å². The van der Waals surface area contributed by atoms with E-state index in [2.05, 4.69) is 11.6 Å². The van der Waals surface area contributed by atoms with Gasteiger partial charge in [0, 0.05) is 0 Å². The summed E-state index contributed by atoms with van der Waals surface area (Å²) >= 11 is 0. The van der Waals surface area contributed by atoms with Gasteiger partial charge in [0.05, 0.1) is 12.2 Å². The molecule has 3 nitrogen and oxygen atoms in total. The van der Waals surface area contributed by atoms with Crippen LogP contribution in [0.4, 0.5) is 13.2 Å². The molecule has 0 bridgehead atoms. The van der Waals surface area contributed by atoms with E-state index in [-0.39, 0.29) is 23.8 Å². The fourth-order valence-electron chi connectivity index (χ4n) is 1.42. The molecule has 1 rings (SSSR count). The maximum Gasteiger partial charge on any atom is 0.435 e. The Labute approximate surface area is 90.6 Å². The lowest BCUT2D eigenvalue weighted by Crippen LogP contribution is -2.12. The number of ketones is 1. The number of hydrogen-bond donors (Lipinski definition) is 0. The molecule has 1 aromatic heterocycles. The summed E-state index contributed by atoms with van der Waals surface area (Å²) in [6.45, 7) is 5.91. The second-order valence-electron chi connectivity index (χ2n) is 3.38. The number of aromatic nitrogens is 2. The minimum Gasteiger partial charge on any atom is -0.321 e. The monoisotopic (exact) mass is 232 g/mol. The Kier molecular flexibility index (Phi) is 3.21. The third kappa shape index (κ3) is 2.32. The van der Waals surface area contributed by atoms with E-state index in [0.717, 1.165) is 6.08 Å². The summed E-state index contributed by atoms with van der Waals surface area (Å²) in [5, 5.41) is 0. The van der Waals surface area contributed by atoms with Gasteiger partial charge in [-0.05, 0) is 19.9 Å². The number of rotatable bonds is 3. The van der Waals surface area contributed by atoms with Crippen molar-refractivity contribution in [3.05, 3.63) is 23.8 Å². The highest BCUT2D eigenvalue weighted by atomic mass is 19.4. The molecule has 0 saturated heterocycles. The number of aryl methyl sites for hydroxylation is 1. The topological polar surface area (TPSA) is 34.9 Å². The third-order valence-electron chi connectivity index (χ3n) is 2.04. The summed E-state index contributed by atoms with van der Waals surface area (Å²) in [5.41, 5.74) is -1.17. The number of halogens is 3. The molecule has 16 heavy (non-hydrogen) atoms. The van der Waals surface area contributed by atoms with E-state index in [4.69, 9.17) is 0 Å². The SMILES string of the molecule is C=Cc1c(C(F)(F)F)nc(C)n1CC(C)=O. The maximum absolute atomic E-state index is 12.6. The number of nitrogens with zero attached hydrogens (tertiary/aromatic N) is 2. The first-order valence-corrected chi connectivity index (χ1v) is 4.53. The lowest BCUT2D eigenvalue weighted by atomic mass is 10.3. The van der Waals surface area contributed by atoms with E-state index >= 15 is 0 Å². The van der Waals surface area contributed by atoms with Crippen molar-refractivity contribution in [2.24, 2.45) is 0 Å². The summed E-state index contributed by atoms with van der Waals surface area (Å²) in [5.74, 6) is -0.0882. The molecule has 1 aromatic rings. The van der Waals surface area contributed by atoms with Crippen LogP contribution in [0.3, 0.4) is 0 Å². The zero-order valence-electron chi connectivity index (χ0n) is 8.93. The Morgan fingerprint density at radius 3 is 2.50 bits per heavy atom. The molecule has 0 amide bonds. The fraction of sp³-hybridized carbons (Fsp3) is 0.400. The molecular weight excluding hydrogens is 221 g/mol. The molecule has 0 aliphatic rings. The smallest absolute Gasteiger partial charge is 0.321 e. The summed E-state index contributed by atoms with van der Waals surface area (Å²) in [4.78, 5) is 14.3. The van der Waals surface area contributed by atoms with Gasteiger partial charge in [-0.15, -0.1) is 0 Å². The van der Waals surface area contributed by atoms with Gasteiger partial charge < -0.3 is 4.57 Å². The Morgan fingerprint density at radius 2 is 2.12 bits per heavy atom. The molecule has 88 valence electrons. The van der Waals surface area contributed by atoms with Crippen LogP contribution in [0.25, 0.3) is 6.08 Å². The van der Waals surface area contributed by atoms with Gasteiger partial charge in [0.15, 0.2) is 5.69 Å². The zero-order chi connectivity index (χ0) is 12.5. The van der Waals surface area contributed by atoms with Crippen LogP contribution in [0.15, 0.2) is 6.58 Å². The highest BCUT2D eigenvalue weighted by Crippen LogP contribution is 2.32. The van der Waals surface area contributed by atoms with Crippen molar-refractivity contribution in [1.82, 2.24) is 9.55 Å². The normalized spacial score (nSPS) is 11.6. The van der Waals surface area contributed by atoms with E-state index in [0.29, 0.717) is 0 Å². The fourth-order valence-corrected chi connectivity index (χ4v) is 1.42. The molecule has 0 radical (unpaired) electrons. The Bertz CT molecular complexity index is 432. The number of hydrogen-bond acceptors (Lipinski definition) is 2. The Morgan fingerprint density at radius 1 is 1.56 bits per heavy atom. The van der Waals surface area contributed by atoms with Crippen LogP contribution in [0.1, 0.15) is 24.1 Å². The van der Waals surface area contributed by atoms with Crippen molar-refractivity contribution >= 4 is 11.9 Å². The first-order chi connectivity index (χ1) is 7.27. The third-order valence-corrected chi connectivity index (χ3v) is 2.04. The van der Waals surface area contributed by atoms with Gasteiger partial charge in [0.25, 0.3) is 0 Å². The Balaban J connectivity index is 3.35. The van der Waals surface area contributed by atoms with Crippen LogP contribution < -0.4 is 0 Å². The van der Waals surface area contributed by atoms with E-state index in [1.807, 2.05) is 0 Å². The Hall–Kier alpha value is -1.59. The van der Waals surface area contributed by atoms with Crippen molar-refractivity contribution in [3.8, 4) is 0 Å². The van der Waals surface area contributed by atoms with Crippen molar-refractivity contribution in [2.75, 3.05) is 0 Å². The largest absolute Gasteiger partial charge is 0.435 e. The lowest BCUT2D eigenvalue weighted by molar-refractivity contribution is -0.141. The quantitative estimate of drug-likeness (QED) is 0.802. The molecule has 1 heterocycles. The average molecular weight is 232 g/mol. The highest BCUT2D eigenvalue weighted by Gasteiger charge is 2.37. The molecule has 0 atom stereocenters. The van der Waals surface area contributed by atoms with Crippen LogP contribution in [0, 0.1) is 6.92 Å². The maximum atomic E-state index is 12.6. The van der Waals surface area contributed by atoms with Crippen LogP contribution in [-0.4, -0.2) is 15.3 Å². The number of Topliss-reactive ketones (excluding diaryl/α,β-unsaturated/α-hetero) is 1. The van der Waals surface area contributed by atoms with Gasteiger partial charge >= 0.3 is 6.18 Å². The van der Waals surface area contributed by atoms with Crippen LogP contribution >= 0.6 is 0 Å². The lowest BCUT2D eigenvalue weighted by Gasteiger charge is -2.07. The van der Waals surface area contributed by atoms with Gasteiger partial charge in [-0.2, -0.15) is 13.2 Å². The summed E-state index contributed by atoms with van der Waals surface area (Å²) < 4.78 is 38.9. The molecule has 0 aliphatic carbocycles. The van der Waals surface area contributed by atoms with Gasteiger partial charge in [0.1, 0.15) is 11.6 Å². The van der Waals surface area contributed by atoms with Crippen molar-refractivity contribution in [1.29, 1.82) is 0 Å². The highest BCUT2D eigenvalue weighted by molar-refractivity contribution is 5.75. The number of imidazole rings is 1. The number of carbonyl (C=O) groups excluding carboxylic acids is 1. The molecule has 0 fully saturated rings. The van der Waals surface area contributed by atoms with E-state index in [1.54, 1.807) is 0 Å². The second kappa shape index (κ2) is 4.11. The molecular formula is C10H11F3N2O. The molecule has 0 aliphatic heterocycles. The van der Waals surface area contributed by atoms with Gasteiger partial charge in [-0.3, -0.25) is 4.79 Å². The minimum atomic E-state index is -4.53. The summed E-state index contributed by atoms with van der Waals surface area (Å²) in [6, 6.07) is 0. The first kappa shape index (κ1) is 12.5. The van der Waals surface area contributed by atoms with Crippen LogP contribution in [0.2, 0.25) is 0 Å². The number of carbonyl (C=O) groups is 1. The zero-order valence-corrected chi connectivity index (χ0v) is 8.93. The van der Waals surface area contributed by atoms with Gasteiger partial charge in [-0.25, -0.2) is 4.98 Å². The van der Waals surface area contributed by atoms with E-state index < -0.39 is 11.9 Å². The molecule has 0 spiro atoms. The number of alkyl halides is 3. The summed E-state index contributed by atoms with van der Waals surface area (Å²) in [7, 11) is 0.